The highest BCUT2D eigenvalue weighted by Gasteiger charge is 2.34. The smallest absolute Gasteiger partial charge is 0.389 e. The number of hydrogen-bond donors (Lipinski definition) is 2. The lowest BCUT2D eigenvalue weighted by Crippen LogP contribution is -2.18. The molecule has 0 aliphatic rings. The lowest BCUT2D eigenvalue weighted by atomic mass is 10.1. The third kappa shape index (κ3) is 3.69. The topological polar surface area (TPSA) is 50.9 Å². The number of nitrogens with zero attached hydrogens (tertiary/aromatic N) is 1. The Hall–Kier alpha value is -2.15. The molecule has 7 heteroatoms. The summed E-state index contributed by atoms with van der Waals surface area (Å²) in [4.78, 5) is 3.80. The van der Waals surface area contributed by atoms with Crippen LogP contribution in [0.4, 0.5) is 24.5 Å². The molecule has 1 aromatic carbocycles. The second-order valence-corrected chi connectivity index (χ2v) is 4.88. The number of nitrogens with two attached hydrogens (primary N) is 1. The van der Waals surface area contributed by atoms with Gasteiger partial charge in [-0.05, 0) is 37.3 Å². The predicted octanol–water partition coefficient (Wildman–Crippen LogP) is 3.79. The minimum Gasteiger partial charge on any atom is -0.389 e. The number of halogens is 3. The number of thiocarbonyl (C=S) groups is 1. The van der Waals surface area contributed by atoms with Gasteiger partial charge in [-0.1, -0.05) is 12.2 Å². The quantitative estimate of drug-likeness (QED) is 0.847. The minimum absolute atomic E-state index is 0.206. The van der Waals surface area contributed by atoms with E-state index in [-0.39, 0.29) is 10.6 Å². The zero-order valence-corrected chi connectivity index (χ0v) is 11.8. The number of aryl methyl sites for hydroxylation is 1. The van der Waals surface area contributed by atoms with Crippen LogP contribution in [0.5, 0.6) is 0 Å². The second kappa shape index (κ2) is 5.69. The molecule has 0 radical (unpaired) electrons. The molecule has 0 fully saturated rings. The first-order valence-corrected chi connectivity index (χ1v) is 6.39. The van der Waals surface area contributed by atoms with Gasteiger partial charge in [0.1, 0.15) is 4.99 Å². The van der Waals surface area contributed by atoms with Crippen molar-refractivity contribution in [3.05, 3.63) is 53.3 Å². The number of pyridine rings is 1. The zero-order valence-electron chi connectivity index (χ0n) is 11.0. The number of rotatable bonds is 3. The number of alkyl halides is 3. The van der Waals surface area contributed by atoms with E-state index in [0.29, 0.717) is 11.4 Å². The lowest BCUT2D eigenvalue weighted by Gasteiger charge is -2.14. The van der Waals surface area contributed by atoms with Crippen LogP contribution in [-0.2, 0) is 6.18 Å². The molecular formula is C14H12F3N3S. The van der Waals surface area contributed by atoms with Gasteiger partial charge in [0.05, 0.1) is 17.4 Å². The molecular weight excluding hydrogens is 299 g/mol. The normalized spacial score (nSPS) is 11.2. The highest BCUT2D eigenvalue weighted by molar-refractivity contribution is 7.80. The SMILES string of the molecule is Cc1ccc(Nc2ccc(C(F)(F)F)c(C(N)=S)c2)cn1. The van der Waals surface area contributed by atoms with Crippen LogP contribution in [0.2, 0.25) is 0 Å². The van der Waals surface area contributed by atoms with E-state index in [4.69, 9.17) is 18.0 Å². The summed E-state index contributed by atoms with van der Waals surface area (Å²) in [5, 5.41) is 2.96. The molecule has 0 spiro atoms. The molecule has 3 nitrogen and oxygen atoms in total. The van der Waals surface area contributed by atoms with Crippen molar-refractivity contribution < 1.29 is 13.2 Å². The van der Waals surface area contributed by atoms with E-state index >= 15 is 0 Å². The van der Waals surface area contributed by atoms with Gasteiger partial charge >= 0.3 is 6.18 Å². The molecule has 110 valence electrons. The van der Waals surface area contributed by atoms with Crippen molar-refractivity contribution in [2.75, 3.05) is 5.32 Å². The van der Waals surface area contributed by atoms with Crippen molar-refractivity contribution in [2.45, 2.75) is 13.1 Å². The Labute approximate surface area is 125 Å². The van der Waals surface area contributed by atoms with E-state index in [1.54, 1.807) is 18.3 Å². The highest BCUT2D eigenvalue weighted by Crippen LogP contribution is 2.33. The molecule has 0 bridgehead atoms. The van der Waals surface area contributed by atoms with Gasteiger partial charge in [-0.15, -0.1) is 0 Å². The highest BCUT2D eigenvalue weighted by atomic mass is 32.1. The van der Waals surface area contributed by atoms with E-state index in [0.717, 1.165) is 11.8 Å². The summed E-state index contributed by atoms with van der Waals surface area (Å²) in [6.07, 6.45) is -2.91. The van der Waals surface area contributed by atoms with Crippen LogP contribution in [0.3, 0.4) is 0 Å². The maximum absolute atomic E-state index is 12.9. The van der Waals surface area contributed by atoms with Crippen LogP contribution in [0.1, 0.15) is 16.8 Å². The fourth-order valence-corrected chi connectivity index (χ4v) is 1.95. The van der Waals surface area contributed by atoms with Crippen molar-refractivity contribution in [2.24, 2.45) is 5.73 Å². The van der Waals surface area contributed by atoms with E-state index in [9.17, 15) is 13.2 Å². The van der Waals surface area contributed by atoms with Gasteiger partial charge in [0.15, 0.2) is 0 Å². The number of benzene rings is 1. The number of anilines is 2. The van der Waals surface area contributed by atoms with Crippen molar-refractivity contribution >= 4 is 28.6 Å². The predicted molar refractivity (Wildman–Crippen MR) is 79.6 cm³/mol. The third-order valence-electron chi connectivity index (χ3n) is 2.79. The van der Waals surface area contributed by atoms with E-state index in [1.165, 1.54) is 12.1 Å². The van der Waals surface area contributed by atoms with Crippen molar-refractivity contribution in [3.63, 3.8) is 0 Å². The molecule has 0 atom stereocenters. The molecule has 3 N–H and O–H groups in total. The van der Waals surface area contributed by atoms with Crippen LogP contribution < -0.4 is 11.1 Å². The molecule has 0 unspecified atom stereocenters. The maximum Gasteiger partial charge on any atom is 0.417 e. The van der Waals surface area contributed by atoms with Gasteiger partial charge < -0.3 is 11.1 Å². The van der Waals surface area contributed by atoms with Crippen molar-refractivity contribution in [1.29, 1.82) is 0 Å². The molecule has 21 heavy (non-hydrogen) atoms. The molecule has 1 aromatic heterocycles. The van der Waals surface area contributed by atoms with Crippen molar-refractivity contribution in [3.8, 4) is 0 Å². The molecule has 0 amide bonds. The minimum atomic E-state index is -4.50. The summed E-state index contributed by atoms with van der Waals surface area (Å²) < 4.78 is 38.6. The summed E-state index contributed by atoms with van der Waals surface area (Å²) in [6, 6.07) is 7.13. The van der Waals surface area contributed by atoms with E-state index in [1.807, 2.05) is 6.92 Å². The van der Waals surface area contributed by atoms with Crippen LogP contribution in [0, 0.1) is 6.92 Å². The van der Waals surface area contributed by atoms with E-state index < -0.39 is 11.7 Å². The Morgan fingerprint density at radius 3 is 2.38 bits per heavy atom. The maximum atomic E-state index is 12.9. The molecule has 1 heterocycles. The van der Waals surface area contributed by atoms with Crippen molar-refractivity contribution in [1.82, 2.24) is 4.98 Å². The first-order chi connectivity index (χ1) is 9.77. The molecule has 0 saturated carbocycles. The van der Waals surface area contributed by atoms with Gasteiger partial charge in [-0.2, -0.15) is 13.2 Å². The molecule has 0 aliphatic carbocycles. The largest absolute Gasteiger partial charge is 0.417 e. The average molecular weight is 311 g/mol. The van der Waals surface area contributed by atoms with Gasteiger partial charge in [-0.3, -0.25) is 4.98 Å². The monoisotopic (exact) mass is 311 g/mol. The fraction of sp³-hybridized carbons (Fsp3) is 0.143. The summed E-state index contributed by atoms with van der Waals surface area (Å²) in [7, 11) is 0. The summed E-state index contributed by atoms with van der Waals surface area (Å²) in [5.74, 6) is 0. The van der Waals surface area contributed by atoms with Gasteiger partial charge in [0.2, 0.25) is 0 Å². The number of aromatic nitrogens is 1. The Morgan fingerprint density at radius 1 is 1.19 bits per heavy atom. The Balaban J connectivity index is 2.36. The Morgan fingerprint density at radius 2 is 1.86 bits per heavy atom. The summed E-state index contributed by atoms with van der Waals surface area (Å²) in [5.41, 5.74) is 6.29. The Bertz CT molecular complexity index is 666. The van der Waals surface area contributed by atoms with Crippen LogP contribution in [-0.4, -0.2) is 9.97 Å². The number of nitrogens with one attached hydrogen (secondary N) is 1. The summed E-state index contributed by atoms with van der Waals surface area (Å²) >= 11 is 4.70. The average Bonchev–Trinajstić information content (AvgIpc) is 2.40. The molecule has 2 rings (SSSR count). The van der Waals surface area contributed by atoms with Gasteiger partial charge in [-0.25, -0.2) is 0 Å². The first kappa shape index (κ1) is 15.2. The van der Waals surface area contributed by atoms with Crippen LogP contribution in [0.15, 0.2) is 36.5 Å². The lowest BCUT2D eigenvalue weighted by molar-refractivity contribution is -0.137. The first-order valence-electron chi connectivity index (χ1n) is 5.98. The second-order valence-electron chi connectivity index (χ2n) is 4.44. The molecule has 0 saturated heterocycles. The van der Waals surface area contributed by atoms with Gasteiger partial charge in [0.25, 0.3) is 0 Å². The molecule has 0 aliphatic heterocycles. The van der Waals surface area contributed by atoms with E-state index in [2.05, 4.69) is 10.3 Å². The Kier molecular flexibility index (Phi) is 4.13. The third-order valence-corrected chi connectivity index (χ3v) is 3.01. The number of hydrogen-bond acceptors (Lipinski definition) is 3. The fourth-order valence-electron chi connectivity index (χ4n) is 1.78. The molecule has 2 aromatic rings. The zero-order chi connectivity index (χ0) is 15.6. The summed E-state index contributed by atoms with van der Waals surface area (Å²) in [6.45, 7) is 1.84. The van der Waals surface area contributed by atoms with Crippen LogP contribution in [0.25, 0.3) is 0 Å². The van der Waals surface area contributed by atoms with Gasteiger partial charge in [0, 0.05) is 16.9 Å². The standard InChI is InChI=1S/C14H12F3N3S/c1-8-2-3-10(7-19-8)20-9-4-5-12(14(15,16)17)11(6-9)13(18)21/h2-7,20H,1H3,(H2,18,21). The van der Waals surface area contributed by atoms with Crippen LogP contribution >= 0.6 is 12.2 Å².